The summed E-state index contributed by atoms with van der Waals surface area (Å²) in [6.07, 6.45) is 1.82. The Morgan fingerprint density at radius 3 is 2.83 bits per heavy atom. The lowest BCUT2D eigenvalue weighted by atomic mass is 10.1. The fourth-order valence-corrected chi connectivity index (χ4v) is 1.79. The number of hydrogen-bond acceptors (Lipinski definition) is 3. The molecule has 0 spiro atoms. The Morgan fingerprint density at radius 2 is 2.11 bits per heavy atom. The molecule has 1 aromatic heterocycles. The average molecular weight is 242 g/mol. The second kappa shape index (κ2) is 6.17. The normalized spacial score (nSPS) is 12.1. The van der Waals surface area contributed by atoms with Crippen molar-refractivity contribution in [1.29, 1.82) is 0 Å². The molecule has 1 aromatic carbocycles. The summed E-state index contributed by atoms with van der Waals surface area (Å²) in [5, 5.41) is 3.45. The Labute approximate surface area is 108 Å². The molecule has 0 fully saturated rings. The van der Waals surface area contributed by atoms with Crippen LogP contribution in [0.3, 0.4) is 0 Å². The largest absolute Gasteiger partial charge is 0.497 e. The van der Waals surface area contributed by atoms with Crippen LogP contribution in [-0.4, -0.2) is 12.1 Å². The summed E-state index contributed by atoms with van der Waals surface area (Å²) in [6.45, 7) is 2.91. The fourth-order valence-electron chi connectivity index (χ4n) is 1.79. The molecule has 0 aliphatic carbocycles. The van der Waals surface area contributed by atoms with Crippen molar-refractivity contribution in [3.63, 3.8) is 0 Å². The Morgan fingerprint density at radius 1 is 1.22 bits per heavy atom. The monoisotopic (exact) mass is 242 g/mol. The van der Waals surface area contributed by atoms with Gasteiger partial charge in [-0.05, 0) is 36.8 Å². The number of hydrogen-bond donors (Lipinski definition) is 1. The van der Waals surface area contributed by atoms with Gasteiger partial charge < -0.3 is 10.1 Å². The van der Waals surface area contributed by atoms with Crippen molar-refractivity contribution in [3.05, 3.63) is 59.9 Å². The summed E-state index contributed by atoms with van der Waals surface area (Å²) >= 11 is 0. The van der Waals surface area contributed by atoms with Crippen molar-refractivity contribution in [1.82, 2.24) is 10.3 Å². The molecular weight excluding hydrogens is 224 g/mol. The molecule has 0 unspecified atom stereocenters. The number of aromatic nitrogens is 1. The van der Waals surface area contributed by atoms with Crippen LogP contribution in [-0.2, 0) is 6.54 Å². The lowest BCUT2D eigenvalue weighted by Gasteiger charge is -2.13. The Kier molecular flexibility index (Phi) is 4.31. The molecule has 0 aliphatic heterocycles. The van der Waals surface area contributed by atoms with Gasteiger partial charge in [0.05, 0.1) is 12.8 Å². The number of pyridine rings is 1. The molecular formula is C15H18N2O. The zero-order valence-electron chi connectivity index (χ0n) is 10.8. The van der Waals surface area contributed by atoms with E-state index in [0.717, 1.165) is 18.0 Å². The van der Waals surface area contributed by atoms with Crippen molar-refractivity contribution < 1.29 is 4.74 Å². The van der Waals surface area contributed by atoms with Gasteiger partial charge in [0.25, 0.3) is 0 Å². The second-order valence-corrected chi connectivity index (χ2v) is 4.21. The van der Waals surface area contributed by atoms with E-state index in [0.29, 0.717) is 0 Å². The van der Waals surface area contributed by atoms with E-state index in [2.05, 4.69) is 23.3 Å². The van der Waals surface area contributed by atoms with Crippen LogP contribution in [0.15, 0.2) is 48.7 Å². The third kappa shape index (κ3) is 3.31. The predicted molar refractivity (Wildman–Crippen MR) is 72.5 cm³/mol. The molecule has 2 aromatic rings. The number of rotatable bonds is 5. The molecule has 94 valence electrons. The summed E-state index contributed by atoms with van der Waals surface area (Å²) in [5.74, 6) is 0.889. The number of methoxy groups -OCH3 is 1. The predicted octanol–water partition coefficient (Wildman–Crippen LogP) is 2.94. The standard InChI is InChI=1S/C15H18N2O/c1-12(15-8-3-4-9-16-15)17-11-13-6-5-7-14(10-13)18-2/h3-10,12,17H,11H2,1-2H3/t12-/m0/s1. The zero-order valence-corrected chi connectivity index (χ0v) is 10.8. The second-order valence-electron chi connectivity index (χ2n) is 4.21. The molecule has 18 heavy (non-hydrogen) atoms. The van der Waals surface area contributed by atoms with Crippen LogP contribution in [0.5, 0.6) is 5.75 Å². The third-order valence-corrected chi connectivity index (χ3v) is 2.88. The van der Waals surface area contributed by atoms with E-state index in [4.69, 9.17) is 4.74 Å². The van der Waals surface area contributed by atoms with Gasteiger partial charge in [-0.3, -0.25) is 4.98 Å². The number of benzene rings is 1. The van der Waals surface area contributed by atoms with Crippen molar-refractivity contribution in [3.8, 4) is 5.75 Å². The van der Waals surface area contributed by atoms with E-state index < -0.39 is 0 Å². The first-order valence-electron chi connectivity index (χ1n) is 6.07. The molecule has 0 amide bonds. The van der Waals surface area contributed by atoms with Gasteiger partial charge >= 0.3 is 0 Å². The summed E-state index contributed by atoms with van der Waals surface area (Å²) in [6, 6.07) is 14.3. The smallest absolute Gasteiger partial charge is 0.119 e. The van der Waals surface area contributed by atoms with E-state index in [1.54, 1.807) is 7.11 Å². The first-order chi connectivity index (χ1) is 8.79. The van der Waals surface area contributed by atoms with E-state index in [1.807, 2.05) is 42.6 Å². The maximum Gasteiger partial charge on any atom is 0.119 e. The van der Waals surface area contributed by atoms with Crippen LogP contribution in [0.4, 0.5) is 0 Å². The van der Waals surface area contributed by atoms with Crippen molar-refractivity contribution in [2.45, 2.75) is 19.5 Å². The Hall–Kier alpha value is -1.87. The molecule has 0 saturated heterocycles. The fraction of sp³-hybridized carbons (Fsp3) is 0.267. The lowest BCUT2D eigenvalue weighted by Crippen LogP contribution is -2.18. The number of nitrogens with one attached hydrogen (secondary N) is 1. The maximum atomic E-state index is 5.21. The van der Waals surface area contributed by atoms with Crippen LogP contribution < -0.4 is 10.1 Å². The van der Waals surface area contributed by atoms with Gasteiger partial charge in [-0.2, -0.15) is 0 Å². The quantitative estimate of drug-likeness (QED) is 0.875. The molecule has 2 rings (SSSR count). The first kappa shape index (κ1) is 12.6. The molecule has 3 heteroatoms. The molecule has 1 N–H and O–H groups in total. The summed E-state index contributed by atoms with van der Waals surface area (Å²) in [7, 11) is 1.68. The van der Waals surface area contributed by atoms with Gasteiger partial charge in [-0.25, -0.2) is 0 Å². The lowest BCUT2D eigenvalue weighted by molar-refractivity contribution is 0.414. The van der Waals surface area contributed by atoms with Crippen molar-refractivity contribution in [2.24, 2.45) is 0 Å². The SMILES string of the molecule is COc1cccc(CN[C@@H](C)c2ccccn2)c1. The van der Waals surface area contributed by atoms with Gasteiger partial charge in [-0.1, -0.05) is 18.2 Å². The Balaban J connectivity index is 1.95. The van der Waals surface area contributed by atoms with Gasteiger partial charge in [-0.15, -0.1) is 0 Å². The summed E-state index contributed by atoms with van der Waals surface area (Å²) in [5.41, 5.74) is 2.26. The van der Waals surface area contributed by atoms with Gasteiger partial charge in [0, 0.05) is 18.8 Å². The van der Waals surface area contributed by atoms with E-state index in [1.165, 1.54) is 5.56 Å². The number of ether oxygens (including phenoxy) is 1. The average Bonchev–Trinajstić information content (AvgIpc) is 2.46. The Bertz CT molecular complexity index is 485. The van der Waals surface area contributed by atoms with Crippen LogP contribution in [0.1, 0.15) is 24.2 Å². The minimum atomic E-state index is 0.234. The molecule has 1 atom stereocenters. The molecule has 1 heterocycles. The molecule has 0 radical (unpaired) electrons. The molecule has 3 nitrogen and oxygen atoms in total. The van der Waals surface area contributed by atoms with E-state index in [-0.39, 0.29) is 6.04 Å². The highest BCUT2D eigenvalue weighted by molar-refractivity contribution is 5.28. The van der Waals surface area contributed by atoms with Crippen molar-refractivity contribution >= 4 is 0 Å². The third-order valence-electron chi connectivity index (χ3n) is 2.88. The van der Waals surface area contributed by atoms with Crippen molar-refractivity contribution in [2.75, 3.05) is 7.11 Å². The van der Waals surface area contributed by atoms with Crippen LogP contribution in [0, 0.1) is 0 Å². The van der Waals surface area contributed by atoms with Gasteiger partial charge in [0.1, 0.15) is 5.75 Å². The van der Waals surface area contributed by atoms with Crippen LogP contribution in [0.25, 0.3) is 0 Å². The molecule has 0 saturated carbocycles. The van der Waals surface area contributed by atoms with Gasteiger partial charge in [0.2, 0.25) is 0 Å². The van der Waals surface area contributed by atoms with E-state index in [9.17, 15) is 0 Å². The first-order valence-corrected chi connectivity index (χ1v) is 6.07. The van der Waals surface area contributed by atoms with E-state index >= 15 is 0 Å². The molecule has 0 bridgehead atoms. The summed E-state index contributed by atoms with van der Waals surface area (Å²) in [4.78, 5) is 4.34. The van der Waals surface area contributed by atoms with Crippen LogP contribution in [0.2, 0.25) is 0 Å². The highest BCUT2D eigenvalue weighted by atomic mass is 16.5. The zero-order chi connectivity index (χ0) is 12.8. The highest BCUT2D eigenvalue weighted by Crippen LogP contribution is 2.14. The topological polar surface area (TPSA) is 34.1 Å². The maximum absolute atomic E-state index is 5.21. The van der Waals surface area contributed by atoms with Crippen LogP contribution >= 0.6 is 0 Å². The summed E-state index contributed by atoms with van der Waals surface area (Å²) < 4.78 is 5.21. The van der Waals surface area contributed by atoms with Gasteiger partial charge in [0.15, 0.2) is 0 Å². The minimum Gasteiger partial charge on any atom is -0.497 e. The minimum absolute atomic E-state index is 0.234. The molecule has 0 aliphatic rings. The number of nitrogens with zero attached hydrogens (tertiary/aromatic N) is 1. The highest BCUT2D eigenvalue weighted by Gasteiger charge is 2.05.